The molecule has 4 rings (SSSR count). The summed E-state index contributed by atoms with van der Waals surface area (Å²) in [6, 6.07) is 12.4. The predicted molar refractivity (Wildman–Crippen MR) is 78.4 cm³/mol. The highest BCUT2D eigenvalue weighted by Gasteiger charge is 2.21. The number of aromatic nitrogens is 3. The van der Waals surface area contributed by atoms with Crippen molar-refractivity contribution in [3.05, 3.63) is 42.6 Å². The molecule has 1 aliphatic rings. The molecule has 2 aromatic heterocycles. The van der Waals surface area contributed by atoms with Crippen LogP contribution in [-0.2, 0) is 4.74 Å². The minimum absolute atomic E-state index is 0.0670. The fourth-order valence-corrected chi connectivity index (χ4v) is 2.90. The van der Waals surface area contributed by atoms with Crippen molar-refractivity contribution in [2.24, 2.45) is 0 Å². The quantitative estimate of drug-likeness (QED) is 0.768. The molecule has 1 aromatic carbocycles. The Bertz CT molecular complexity index is 708. The van der Waals surface area contributed by atoms with E-state index < -0.39 is 0 Å². The molecule has 20 heavy (non-hydrogen) atoms. The van der Waals surface area contributed by atoms with E-state index in [1.54, 1.807) is 0 Å². The maximum Gasteiger partial charge on any atom is 0.150 e. The maximum atomic E-state index is 5.89. The van der Waals surface area contributed by atoms with E-state index in [1.807, 2.05) is 16.9 Å². The number of ether oxygens (including phenoxy) is 1. The molecule has 0 radical (unpaired) electrons. The highest BCUT2D eigenvalue weighted by molar-refractivity contribution is 5.92. The zero-order valence-corrected chi connectivity index (χ0v) is 11.2. The van der Waals surface area contributed by atoms with E-state index in [1.165, 1.54) is 11.8 Å². The van der Waals surface area contributed by atoms with E-state index >= 15 is 0 Å². The van der Waals surface area contributed by atoms with Gasteiger partial charge < -0.3 is 9.72 Å². The zero-order valence-electron chi connectivity index (χ0n) is 11.2. The molecule has 1 N–H and O–H groups in total. The first kappa shape index (κ1) is 11.7. The maximum absolute atomic E-state index is 5.89. The minimum atomic E-state index is 0.0670. The van der Waals surface area contributed by atoms with Gasteiger partial charge in [-0.3, -0.25) is 0 Å². The molecule has 4 nitrogen and oxygen atoms in total. The fraction of sp³-hybridized carbons (Fsp3) is 0.312. The second-order valence-electron chi connectivity index (χ2n) is 5.22. The van der Waals surface area contributed by atoms with Crippen LogP contribution in [0.15, 0.2) is 42.6 Å². The van der Waals surface area contributed by atoms with Gasteiger partial charge >= 0.3 is 0 Å². The number of rotatable bonds is 2. The molecule has 1 atom stereocenters. The lowest BCUT2D eigenvalue weighted by atomic mass is 10.1. The number of nitrogens with zero attached hydrogens (tertiary/aromatic N) is 2. The summed E-state index contributed by atoms with van der Waals surface area (Å²) in [6.07, 6.45) is 5.39. The summed E-state index contributed by atoms with van der Waals surface area (Å²) in [5, 5.41) is 5.99. The highest BCUT2D eigenvalue weighted by Crippen LogP contribution is 2.31. The lowest BCUT2D eigenvalue weighted by Crippen LogP contribution is -2.19. The summed E-state index contributed by atoms with van der Waals surface area (Å²) >= 11 is 0. The molecule has 0 aliphatic carbocycles. The Morgan fingerprint density at radius 3 is 2.90 bits per heavy atom. The van der Waals surface area contributed by atoms with Crippen LogP contribution in [0.25, 0.3) is 22.3 Å². The molecule has 0 bridgehead atoms. The van der Waals surface area contributed by atoms with Crippen molar-refractivity contribution in [3.8, 4) is 11.4 Å². The number of hydrogen-bond acceptors (Lipinski definition) is 2. The Kier molecular flexibility index (Phi) is 2.81. The lowest BCUT2D eigenvalue weighted by molar-refractivity contribution is -0.0365. The van der Waals surface area contributed by atoms with Gasteiger partial charge in [-0.2, -0.15) is 5.10 Å². The first-order valence-electron chi connectivity index (χ1n) is 7.16. The van der Waals surface area contributed by atoms with Crippen LogP contribution in [0.2, 0.25) is 0 Å². The summed E-state index contributed by atoms with van der Waals surface area (Å²) in [5.74, 6) is 0. The number of fused-ring (bicyclic) bond motifs is 1. The van der Waals surface area contributed by atoms with Crippen molar-refractivity contribution < 1.29 is 4.74 Å². The zero-order chi connectivity index (χ0) is 13.4. The van der Waals surface area contributed by atoms with Crippen molar-refractivity contribution in [1.29, 1.82) is 0 Å². The van der Waals surface area contributed by atoms with E-state index in [0.717, 1.165) is 36.4 Å². The second kappa shape index (κ2) is 4.80. The van der Waals surface area contributed by atoms with Gasteiger partial charge in [0, 0.05) is 18.2 Å². The number of para-hydroxylation sites is 1. The van der Waals surface area contributed by atoms with Crippen LogP contribution < -0.4 is 0 Å². The molecule has 0 amide bonds. The average molecular weight is 267 g/mol. The largest absolute Gasteiger partial charge is 0.360 e. The first-order chi connectivity index (χ1) is 9.93. The SMILES string of the molecule is c1c[nH]c(-c2nn(C3CCCCO3)c3ccccc23)c1. The van der Waals surface area contributed by atoms with Gasteiger partial charge in [0.2, 0.25) is 0 Å². The van der Waals surface area contributed by atoms with Crippen LogP contribution in [0, 0.1) is 0 Å². The number of nitrogens with one attached hydrogen (secondary N) is 1. The van der Waals surface area contributed by atoms with Gasteiger partial charge in [0.25, 0.3) is 0 Å². The molecule has 0 saturated carbocycles. The van der Waals surface area contributed by atoms with Crippen LogP contribution in [0.1, 0.15) is 25.5 Å². The summed E-state index contributed by atoms with van der Waals surface area (Å²) in [5.41, 5.74) is 3.19. The smallest absolute Gasteiger partial charge is 0.150 e. The molecule has 0 spiro atoms. The standard InChI is InChI=1S/C16H17N3O/c1-2-8-14-12(6-1)16(13-7-5-10-17-13)18-19(14)15-9-3-4-11-20-15/h1-2,5-8,10,15,17H,3-4,9,11H2. The molecule has 1 aliphatic heterocycles. The normalized spacial score (nSPS) is 19.5. The highest BCUT2D eigenvalue weighted by atomic mass is 16.5. The number of H-pyrrole nitrogens is 1. The Hall–Kier alpha value is -2.07. The van der Waals surface area contributed by atoms with E-state index in [4.69, 9.17) is 9.84 Å². The predicted octanol–water partition coefficient (Wildman–Crippen LogP) is 3.73. The molecule has 1 saturated heterocycles. The van der Waals surface area contributed by atoms with Gasteiger partial charge in [-0.15, -0.1) is 0 Å². The molecular weight excluding hydrogens is 250 g/mol. The van der Waals surface area contributed by atoms with E-state index in [0.29, 0.717) is 0 Å². The number of aromatic amines is 1. The van der Waals surface area contributed by atoms with Crippen LogP contribution >= 0.6 is 0 Å². The summed E-state index contributed by atoms with van der Waals surface area (Å²) < 4.78 is 7.94. The van der Waals surface area contributed by atoms with Crippen molar-refractivity contribution >= 4 is 10.9 Å². The van der Waals surface area contributed by atoms with Crippen molar-refractivity contribution in [1.82, 2.24) is 14.8 Å². The van der Waals surface area contributed by atoms with Gasteiger partial charge in [0.1, 0.15) is 5.69 Å². The Morgan fingerprint density at radius 1 is 1.15 bits per heavy atom. The lowest BCUT2D eigenvalue weighted by Gasteiger charge is -2.23. The topological polar surface area (TPSA) is 42.8 Å². The molecule has 1 fully saturated rings. The summed E-state index contributed by atoms with van der Waals surface area (Å²) in [7, 11) is 0. The van der Waals surface area contributed by atoms with Crippen LogP contribution in [0.4, 0.5) is 0 Å². The number of benzene rings is 1. The molecule has 1 unspecified atom stereocenters. The monoisotopic (exact) mass is 267 g/mol. The Labute approximate surface area is 117 Å². The van der Waals surface area contributed by atoms with Gasteiger partial charge in [0.05, 0.1) is 11.2 Å². The van der Waals surface area contributed by atoms with Crippen molar-refractivity contribution in [3.63, 3.8) is 0 Å². The van der Waals surface area contributed by atoms with Crippen molar-refractivity contribution in [2.75, 3.05) is 6.61 Å². The third-order valence-electron chi connectivity index (χ3n) is 3.90. The van der Waals surface area contributed by atoms with Crippen LogP contribution in [-0.4, -0.2) is 21.4 Å². The average Bonchev–Trinajstić information content (AvgIpc) is 3.15. The number of hydrogen-bond donors (Lipinski definition) is 1. The van der Waals surface area contributed by atoms with E-state index in [2.05, 4.69) is 35.3 Å². The molecule has 3 heterocycles. The molecule has 4 heteroatoms. The van der Waals surface area contributed by atoms with Crippen LogP contribution in [0.5, 0.6) is 0 Å². The Balaban J connectivity index is 1.89. The molecule has 3 aromatic rings. The second-order valence-corrected chi connectivity index (χ2v) is 5.22. The third-order valence-corrected chi connectivity index (χ3v) is 3.90. The summed E-state index contributed by atoms with van der Waals surface area (Å²) in [4.78, 5) is 3.25. The van der Waals surface area contributed by atoms with Crippen LogP contribution in [0.3, 0.4) is 0 Å². The van der Waals surface area contributed by atoms with Gasteiger partial charge in [-0.05, 0) is 37.5 Å². The fourth-order valence-electron chi connectivity index (χ4n) is 2.90. The minimum Gasteiger partial charge on any atom is -0.360 e. The first-order valence-corrected chi connectivity index (χ1v) is 7.16. The Morgan fingerprint density at radius 2 is 2.10 bits per heavy atom. The third kappa shape index (κ3) is 1.84. The van der Waals surface area contributed by atoms with Crippen molar-refractivity contribution in [2.45, 2.75) is 25.5 Å². The van der Waals surface area contributed by atoms with Gasteiger partial charge in [-0.25, -0.2) is 4.68 Å². The summed E-state index contributed by atoms with van der Waals surface area (Å²) in [6.45, 7) is 0.830. The van der Waals surface area contributed by atoms with E-state index in [9.17, 15) is 0 Å². The van der Waals surface area contributed by atoms with E-state index in [-0.39, 0.29) is 6.23 Å². The van der Waals surface area contributed by atoms with Gasteiger partial charge in [0.15, 0.2) is 6.23 Å². The molecule has 102 valence electrons. The van der Waals surface area contributed by atoms with Gasteiger partial charge in [-0.1, -0.05) is 18.2 Å². The molecular formula is C16H17N3O.